The van der Waals surface area contributed by atoms with E-state index in [1.807, 2.05) is 19.9 Å². The van der Waals surface area contributed by atoms with Crippen molar-refractivity contribution < 1.29 is 17.9 Å². The molecule has 0 saturated heterocycles. The summed E-state index contributed by atoms with van der Waals surface area (Å²) in [6.45, 7) is 4.08. The summed E-state index contributed by atoms with van der Waals surface area (Å²) in [5.74, 6) is -1.92. The van der Waals surface area contributed by atoms with Crippen LogP contribution in [-0.4, -0.2) is 16.2 Å². The molecule has 146 valence electrons. The molecule has 0 bridgehead atoms. The lowest BCUT2D eigenvalue weighted by Gasteiger charge is -2.16. The molecule has 8 heteroatoms. The Morgan fingerprint density at radius 1 is 1.11 bits per heavy atom. The van der Waals surface area contributed by atoms with Crippen molar-refractivity contribution in [2.45, 2.75) is 20.4 Å². The van der Waals surface area contributed by atoms with Crippen molar-refractivity contribution in [3.63, 3.8) is 0 Å². The van der Waals surface area contributed by atoms with Crippen LogP contribution < -0.4 is 15.6 Å². The summed E-state index contributed by atoms with van der Waals surface area (Å²) in [5.41, 5.74) is 0.655. The number of hydrogen-bond donors (Lipinski definition) is 1. The highest BCUT2D eigenvalue weighted by molar-refractivity contribution is 5.61. The van der Waals surface area contributed by atoms with Gasteiger partial charge < -0.3 is 14.6 Å². The predicted molar refractivity (Wildman–Crippen MR) is 99.5 cm³/mol. The van der Waals surface area contributed by atoms with Crippen LogP contribution in [0.15, 0.2) is 47.4 Å². The molecule has 1 aromatic heterocycles. The maximum Gasteiger partial charge on any atom is 0.310 e. The monoisotopic (exact) mass is 389 g/mol. The number of nitrogens with one attached hydrogen (secondary N) is 1. The van der Waals surface area contributed by atoms with Gasteiger partial charge in [-0.3, -0.25) is 4.79 Å². The van der Waals surface area contributed by atoms with Gasteiger partial charge in [0.1, 0.15) is 17.4 Å². The Labute approximate surface area is 159 Å². The Hall–Kier alpha value is -3.29. The van der Waals surface area contributed by atoms with Gasteiger partial charge in [-0.05, 0) is 43.2 Å². The molecule has 0 spiro atoms. The molecule has 28 heavy (non-hydrogen) atoms. The van der Waals surface area contributed by atoms with Crippen LogP contribution >= 0.6 is 0 Å². The summed E-state index contributed by atoms with van der Waals surface area (Å²) < 4.78 is 47.5. The maximum atomic E-state index is 13.8. The Kier molecular flexibility index (Phi) is 5.67. The van der Waals surface area contributed by atoms with Crippen LogP contribution in [-0.2, 0) is 6.54 Å². The van der Waals surface area contributed by atoms with Crippen molar-refractivity contribution in [2.75, 3.05) is 11.9 Å². The zero-order valence-corrected chi connectivity index (χ0v) is 15.3. The van der Waals surface area contributed by atoms with Gasteiger partial charge in [-0.2, -0.15) is 9.37 Å². The molecule has 0 radical (unpaired) electrons. The molecule has 0 aliphatic heterocycles. The Bertz CT molecular complexity index is 1050. The lowest BCUT2D eigenvalue weighted by Crippen LogP contribution is -2.20. The average Bonchev–Trinajstić information content (AvgIpc) is 2.61. The van der Waals surface area contributed by atoms with E-state index < -0.39 is 23.0 Å². The smallest absolute Gasteiger partial charge is 0.310 e. The first-order valence-corrected chi connectivity index (χ1v) is 8.58. The number of aromatic nitrogens is 2. The van der Waals surface area contributed by atoms with E-state index in [1.165, 1.54) is 4.57 Å². The molecule has 1 heterocycles. The minimum atomic E-state index is -1.07. The van der Waals surface area contributed by atoms with E-state index in [0.29, 0.717) is 18.0 Å². The second-order valence-electron chi connectivity index (χ2n) is 6.16. The third kappa shape index (κ3) is 4.51. The van der Waals surface area contributed by atoms with Crippen molar-refractivity contribution in [3.05, 3.63) is 81.5 Å². The first-order valence-electron chi connectivity index (χ1n) is 8.58. The van der Waals surface area contributed by atoms with Gasteiger partial charge >= 0.3 is 5.56 Å². The first kappa shape index (κ1) is 19.5. The molecular formula is C20H18F3N3O2. The highest BCUT2D eigenvalue weighted by atomic mass is 19.1. The van der Waals surface area contributed by atoms with E-state index in [-0.39, 0.29) is 18.1 Å². The van der Waals surface area contributed by atoms with E-state index in [2.05, 4.69) is 10.3 Å². The van der Waals surface area contributed by atoms with Gasteiger partial charge in [0.15, 0.2) is 0 Å². The van der Waals surface area contributed by atoms with Crippen LogP contribution in [0.1, 0.15) is 18.1 Å². The lowest BCUT2D eigenvalue weighted by molar-refractivity contribution is 0.340. The third-order valence-electron chi connectivity index (χ3n) is 3.99. The average molecular weight is 389 g/mol. The zero-order chi connectivity index (χ0) is 20.3. The largest absolute Gasteiger partial charge is 0.494 e. The topological polar surface area (TPSA) is 56.1 Å². The normalized spacial score (nSPS) is 10.8. The van der Waals surface area contributed by atoms with Crippen molar-refractivity contribution >= 4 is 11.6 Å². The van der Waals surface area contributed by atoms with Crippen molar-refractivity contribution in [3.8, 4) is 5.75 Å². The van der Waals surface area contributed by atoms with Gasteiger partial charge in [-0.1, -0.05) is 6.07 Å². The van der Waals surface area contributed by atoms with Crippen LogP contribution in [0, 0.1) is 24.4 Å². The lowest BCUT2D eigenvalue weighted by atomic mass is 10.2. The quantitative estimate of drug-likeness (QED) is 0.688. The van der Waals surface area contributed by atoms with E-state index >= 15 is 0 Å². The van der Waals surface area contributed by atoms with E-state index in [9.17, 15) is 18.0 Å². The number of nitrogens with zero attached hydrogens (tertiary/aromatic N) is 2. The fraction of sp³-hybridized carbons (Fsp3) is 0.200. The summed E-state index contributed by atoms with van der Waals surface area (Å²) in [7, 11) is 0. The van der Waals surface area contributed by atoms with Gasteiger partial charge in [-0.15, -0.1) is 0 Å². The van der Waals surface area contributed by atoms with Crippen molar-refractivity contribution in [1.29, 1.82) is 0 Å². The molecule has 5 nitrogen and oxygen atoms in total. The summed E-state index contributed by atoms with van der Waals surface area (Å²) in [6.07, 6.45) is 0.947. The SMILES string of the molecule is CCOc1ccc(C)c(Nc2nc(=O)c(F)cn2Cc2cc(F)cc(F)c2)c1. The molecular weight excluding hydrogens is 371 g/mol. The summed E-state index contributed by atoms with van der Waals surface area (Å²) >= 11 is 0. The summed E-state index contributed by atoms with van der Waals surface area (Å²) in [4.78, 5) is 15.4. The maximum absolute atomic E-state index is 13.8. The summed E-state index contributed by atoms with van der Waals surface area (Å²) in [5, 5.41) is 2.97. The van der Waals surface area contributed by atoms with Gasteiger partial charge in [0.2, 0.25) is 11.8 Å². The number of anilines is 2. The van der Waals surface area contributed by atoms with Crippen LogP contribution in [0.5, 0.6) is 5.75 Å². The Morgan fingerprint density at radius 3 is 2.50 bits per heavy atom. The first-order chi connectivity index (χ1) is 13.4. The minimum Gasteiger partial charge on any atom is -0.494 e. The molecule has 2 aromatic carbocycles. The van der Waals surface area contributed by atoms with Crippen LogP contribution in [0.4, 0.5) is 24.8 Å². The second kappa shape index (κ2) is 8.16. The van der Waals surface area contributed by atoms with E-state index in [4.69, 9.17) is 4.74 Å². The number of rotatable bonds is 6. The van der Waals surface area contributed by atoms with Crippen molar-refractivity contribution in [2.24, 2.45) is 0 Å². The number of aryl methyl sites for hydroxylation is 1. The highest BCUT2D eigenvalue weighted by Gasteiger charge is 2.12. The molecule has 0 aliphatic carbocycles. The fourth-order valence-corrected chi connectivity index (χ4v) is 2.70. The molecule has 3 aromatic rings. The van der Waals surface area contributed by atoms with Crippen LogP contribution in [0.3, 0.4) is 0 Å². The highest BCUT2D eigenvalue weighted by Crippen LogP contribution is 2.25. The minimum absolute atomic E-state index is 0.0350. The number of benzene rings is 2. The molecule has 0 unspecified atom stereocenters. The summed E-state index contributed by atoms with van der Waals surface area (Å²) in [6, 6.07) is 8.34. The standard InChI is InChI=1S/C20H18F3N3O2/c1-3-28-16-5-4-12(2)18(9-16)24-20-25-19(27)17(23)11-26(20)10-13-6-14(21)8-15(22)7-13/h4-9,11H,3,10H2,1-2H3,(H,24,25,27). The number of hydrogen-bond acceptors (Lipinski definition) is 4. The zero-order valence-electron chi connectivity index (χ0n) is 15.3. The number of ether oxygens (including phenoxy) is 1. The third-order valence-corrected chi connectivity index (χ3v) is 3.99. The van der Waals surface area contributed by atoms with Crippen LogP contribution in [0.2, 0.25) is 0 Å². The van der Waals surface area contributed by atoms with Crippen molar-refractivity contribution in [1.82, 2.24) is 9.55 Å². The molecule has 3 rings (SSSR count). The van der Waals surface area contributed by atoms with Gasteiger partial charge in [-0.25, -0.2) is 8.78 Å². The fourth-order valence-electron chi connectivity index (χ4n) is 2.70. The van der Waals surface area contributed by atoms with Gasteiger partial charge in [0.05, 0.1) is 13.2 Å². The van der Waals surface area contributed by atoms with E-state index in [1.54, 1.807) is 12.1 Å². The Morgan fingerprint density at radius 2 is 1.82 bits per heavy atom. The van der Waals surface area contributed by atoms with Gasteiger partial charge in [0.25, 0.3) is 0 Å². The molecule has 0 saturated carbocycles. The van der Waals surface area contributed by atoms with Crippen LogP contribution in [0.25, 0.3) is 0 Å². The molecule has 0 aliphatic rings. The molecule has 1 N–H and O–H groups in total. The Balaban J connectivity index is 2.00. The predicted octanol–water partition coefficient (Wildman–Crippen LogP) is 4.16. The van der Waals surface area contributed by atoms with Gasteiger partial charge in [0, 0.05) is 24.0 Å². The molecule has 0 fully saturated rings. The number of halogens is 3. The van der Waals surface area contributed by atoms with E-state index in [0.717, 1.165) is 30.0 Å². The molecule has 0 atom stereocenters. The second-order valence-corrected chi connectivity index (χ2v) is 6.16. The molecule has 0 amide bonds.